The van der Waals surface area contributed by atoms with Gasteiger partial charge in [-0.15, -0.1) is 0 Å². The SMILES string of the molecule is CCCNC(=S)Nc1cc(Cl)ccc1Br. The van der Waals surface area contributed by atoms with E-state index in [1.165, 1.54) is 0 Å². The van der Waals surface area contributed by atoms with Crippen LogP contribution in [0.4, 0.5) is 5.69 Å². The third-order valence-corrected chi connectivity index (χ3v) is 2.89. The molecule has 0 saturated heterocycles. The van der Waals surface area contributed by atoms with Crippen LogP contribution in [0.15, 0.2) is 22.7 Å². The van der Waals surface area contributed by atoms with E-state index in [1.54, 1.807) is 0 Å². The summed E-state index contributed by atoms with van der Waals surface area (Å²) in [6.07, 6.45) is 1.04. The van der Waals surface area contributed by atoms with Crippen LogP contribution >= 0.6 is 39.7 Å². The molecule has 0 unspecified atom stereocenters. The Morgan fingerprint density at radius 2 is 2.27 bits per heavy atom. The van der Waals surface area contributed by atoms with E-state index in [4.69, 9.17) is 23.8 Å². The standard InChI is InChI=1S/C10H12BrClN2S/c1-2-5-13-10(15)14-9-6-7(12)3-4-8(9)11/h3-4,6H,2,5H2,1H3,(H2,13,14,15). The van der Waals surface area contributed by atoms with Crippen molar-refractivity contribution in [3.8, 4) is 0 Å². The average Bonchev–Trinajstić information content (AvgIpc) is 2.20. The van der Waals surface area contributed by atoms with Crippen LogP contribution in [0, 0.1) is 0 Å². The minimum Gasteiger partial charge on any atom is -0.362 e. The Kier molecular flexibility index (Phi) is 5.36. The van der Waals surface area contributed by atoms with Gasteiger partial charge in [-0.25, -0.2) is 0 Å². The van der Waals surface area contributed by atoms with Crippen LogP contribution < -0.4 is 10.6 Å². The van der Waals surface area contributed by atoms with Crippen molar-refractivity contribution in [2.75, 3.05) is 11.9 Å². The van der Waals surface area contributed by atoms with Gasteiger partial charge in [-0.3, -0.25) is 0 Å². The molecule has 0 saturated carbocycles. The Labute approximate surface area is 109 Å². The topological polar surface area (TPSA) is 24.1 Å². The van der Waals surface area contributed by atoms with Gasteiger partial charge in [0, 0.05) is 16.0 Å². The van der Waals surface area contributed by atoms with E-state index in [-0.39, 0.29) is 0 Å². The van der Waals surface area contributed by atoms with Gasteiger partial charge in [-0.1, -0.05) is 18.5 Å². The molecule has 2 nitrogen and oxygen atoms in total. The average molecular weight is 308 g/mol. The van der Waals surface area contributed by atoms with Gasteiger partial charge in [-0.2, -0.15) is 0 Å². The molecule has 0 amide bonds. The first kappa shape index (κ1) is 12.7. The van der Waals surface area contributed by atoms with Gasteiger partial charge in [0.2, 0.25) is 0 Å². The van der Waals surface area contributed by atoms with Gasteiger partial charge in [-0.05, 0) is 52.8 Å². The van der Waals surface area contributed by atoms with Crippen LogP contribution in [0.3, 0.4) is 0 Å². The second kappa shape index (κ2) is 6.30. The van der Waals surface area contributed by atoms with Gasteiger partial charge in [0.05, 0.1) is 5.69 Å². The van der Waals surface area contributed by atoms with Crippen LogP contribution in [-0.4, -0.2) is 11.7 Å². The summed E-state index contributed by atoms with van der Waals surface area (Å²) in [5.74, 6) is 0. The summed E-state index contributed by atoms with van der Waals surface area (Å²) in [5, 5.41) is 7.45. The smallest absolute Gasteiger partial charge is 0.170 e. The highest BCUT2D eigenvalue weighted by atomic mass is 79.9. The number of anilines is 1. The molecule has 0 bridgehead atoms. The number of nitrogens with one attached hydrogen (secondary N) is 2. The lowest BCUT2D eigenvalue weighted by atomic mass is 10.3. The summed E-state index contributed by atoms with van der Waals surface area (Å²) in [5.41, 5.74) is 0.871. The van der Waals surface area contributed by atoms with E-state index >= 15 is 0 Å². The first-order valence-corrected chi connectivity index (χ1v) is 6.21. The Bertz CT molecular complexity index is 357. The maximum atomic E-state index is 5.88. The molecule has 0 aliphatic carbocycles. The first-order chi connectivity index (χ1) is 7.13. The Morgan fingerprint density at radius 1 is 1.53 bits per heavy atom. The quantitative estimate of drug-likeness (QED) is 0.831. The van der Waals surface area contributed by atoms with Crippen molar-refractivity contribution in [3.63, 3.8) is 0 Å². The molecule has 5 heteroatoms. The molecule has 1 aromatic carbocycles. The lowest BCUT2D eigenvalue weighted by molar-refractivity contribution is 0.846. The fraction of sp³-hybridized carbons (Fsp3) is 0.300. The summed E-state index contributed by atoms with van der Waals surface area (Å²) in [4.78, 5) is 0. The third kappa shape index (κ3) is 4.36. The monoisotopic (exact) mass is 306 g/mol. The first-order valence-electron chi connectivity index (χ1n) is 4.63. The zero-order chi connectivity index (χ0) is 11.3. The highest BCUT2D eigenvalue weighted by Crippen LogP contribution is 2.25. The fourth-order valence-corrected chi connectivity index (χ4v) is 1.73. The summed E-state index contributed by atoms with van der Waals surface area (Å²) in [6.45, 7) is 2.95. The van der Waals surface area contributed by atoms with Crippen molar-refractivity contribution in [1.29, 1.82) is 0 Å². The molecule has 0 fully saturated rings. The van der Waals surface area contributed by atoms with Crippen molar-refractivity contribution < 1.29 is 0 Å². The summed E-state index contributed by atoms with van der Waals surface area (Å²) in [7, 11) is 0. The van der Waals surface area contributed by atoms with Crippen LogP contribution in [0.2, 0.25) is 5.02 Å². The van der Waals surface area contributed by atoms with Gasteiger partial charge < -0.3 is 10.6 Å². The molecule has 0 radical (unpaired) electrons. The fourth-order valence-electron chi connectivity index (χ4n) is 0.998. The highest BCUT2D eigenvalue weighted by molar-refractivity contribution is 9.10. The maximum Gasteiger partial charge on any atom is 0.170 e. The largest absolute Gasteiger partial charge is 0.362 e. The van der Waals surface area contributed by atoms with Crippen molar-refractivity contribution in [3.05, 3.63) is 27.7 Å². The molecule has 1 rings (SSSR count). The number of benzene rings is 1. The highest BCUT2D eigenvalue weighted by Gasteiger charge is 2.02. The Morgan fingerprint density at radius 3 is 2.93 bits per heavy atom. The summed E-state index contributed by atoms with van der Waals surface area (Å²) < 4.78 is 0.938. The predicted molar refractivity (Wildman–Crippen MR) is 73.7 cm³/mol. The van der Waals surface area contributed by atoms with Crippen molar-refractivity contribution in [2.24, 2.45) is 0 Å². The number of hydrogen-bond acceptors (Lipinski definition) is 1. The molecule has 15 heavy (non-hydrogen) atoms. The van der Waals surface area contributed by atoms with E-state index in [1.807, 2.05) is 18.2 Å². The molecule has 0 heterocycles. The third-order valence-electron chi connectivity index (χ3n) is 1.71. The molecular weight excluding hydrogens is 296 g/mol. The zero-order valence-electron chi connectivity index (χ0n) is 8.31. The van der Waals surface area contributed by atoms with E-state index in [9.17, 15) is 0 Å². The summed E-state index contributed by atoms with van der Waals surface area (Å²) in [6, 6.07) is 5.53. The molecule has 82 valence electrons. The van der Waals surface area contributed by atoms with Crippen molar-refractivity contribution in [2.45, 2.75) is 13.3 Å². The van der Waals surface area contributed by atoms with Gasteiger partial charge >= 0.3 is 0 Å². The predicted octanol–water partition coefficient (Wildman–Crippen LogP) is 3.80. The normalized spacial score (nSPS) is 9.80. The molecule has 0 aliphatic rings. The molecule has 0 aliphatic heterocycles. The Balaban J connectivity index is 2.63. The van der Waals surface area contributed by atoms with Crippen LogP contribution in [-0.2, 0) is 0 Å². The van der Waals surface area contributed by atoms with Gasteiger partial charge in [0.25, 0.3) is 0 Å². The lowest BCUT2D eigenvalue weighted by Crippen LogP contribution is -2.29. The second-order valence-electron chi connectivity index (χ2n) is 3.01. The summed E-state index contributed by atoms with van der Waals surface area (Å²) >= 11 is 14.4. The van der Waals surface area contributed by atoms with E-state index in [0.717, 1.165) is 23.1 Å². The van der Waals surface area contributed by atoms with Gasteiger partial charge in [0.15, 0.2) is 5.11 Å². The number of rotatable bonds is 3. The van der Waals surface area contributed by atoms with Gasteiger partial charge in [0.1, 0.15) is 0 Å². The van der Waals surface area contributed by atoms with E-state index in [0.29, 0.717) is 10.1 Å². The van der Waals surface area contributed by atoms with Crippen LogP contribution in [0.1, 0.15) is 13.3 Å². The van der Waals surface area contributed by atoms with Crippen LogP contribution in [0.5, 0.6) is 0 Å². The minimum absolute atomic E-state index is 0.611. The van der Waals surface area contributed by atoms with Crippen molar-refractivity contribution >= 4 is 50.5 Å². The number of hydrogen-bond donors (Lipinski definition) is 2. The minimum atomic E-state index is 0.611. The Hall–Kier alpha value is -0.320. The van der Waals surface area contributed by atoms with E-state index < -0.39 is 0 Å². The molecule has 0 spiro atoms. The van der Waals surface area contributed by atoms with E-state index in [2.05, 4.69) is 33.5 Å². The molecular formula is C10H12BrClN2S. The molecule has 0 atom stereocenters. The second-order valence-corrected chi connectivity index (χ2v) is 4.70. The zero-order valence-corrected chi connectivity index (χ0v) is 11.5. The number of halogens is 2. The van der Waals surface area contributed by atoms with Crippen LogP contribution in [0.25, 0.3) is 0 Å². The molecule has 1 aromatic rings. The number of thiocarbonyl (C=S) groups is 1. The van der Waals surface area contributed by atoms with Crippen molar-refractivity contribution in [1.82, 2.24) is 5.32 Å². The molecule has 0 aromatic heterocycles. The lowest BCUT2D eigenvalue weighted by Gasteiger charge is -2.11. The maximum absolute atomic E-state index is 5.88. The molecule has 2 N–H and O–H groups in total.